The van der Waals surface area contributed by atoms with Crippen molar-refractivity contribution in [3.05, 3.63) is 68.4 Å². The van der Waals surface area contributed by atoms with Crippen LogP contribution in [-0.2, 0) is 6.42 Å². The van der Waals surface area contributed by atoms with E-state index in [4.69, 9.17) is 34.8 Å². The molecular weight excluding hydrogens is 310 g/mol. The highest BCUT2D eigenvalue weighted by molar-refractivity contribution is 6.33. The summed E-state index contributed by atoms with van der Waals surface area (Å²) in [6.07, 6.45) is -0.617. The van der Waals surface area contributed by atoms with Crippen molar-refractivity contribution < 1.29 is 9.50 Å². The first-order valence-electron chi connectivity index (χ1n) is 5.54. The maximum atomic E-state index is 13.0. The average molecular weight is 320 g/mol. The quantitative estimate of drug-likeness (QED) is 0.838. The average Bonchev–Trinajstić information content (AvgIpc) is 2.33. The molecule has 0 radical (unpaired) electrons. The molecule has 2 rings (SSSR count). The molecule has 5 heteroatoms. The van der Waals surface area contributed by atoms with Crippen LogP contribution < -0.4 is 0 Å². The minimum absolute atomic E-state index is 0.186. The number of aliphatic hydroxyl groups is 1. The summed E-state index contributed by atoms with van der Waals surface area (Å²) >= 11 is 17.8. The molecule has 0 amide bonds. The lowest BCUT2D eigenvalue weighted by Gasteiger charge is -2.14. The van der Waals surface area contributed by atoms with Gasteiger partial charge in [-0.2, -0.15) is 0 Å². The molecule has 2 aromatic carbocycles. The van der Waals surface area contributed by atoms with E-state index >= 15 is 0 Å². The molecule has 100 valence electrons. The molecule has 0 fully saturated rings. The maximum absolute atomic E-state index is 13.0. The molecule has 19 heavy (non-hydrogen) atoms. The Morgan fingerprint density at radius 2 is 1.74 bits per heavy atom. The normalized spacial score (nSPS) is 12.5. The monoisotopic (exact) mass is 318 g/mol. The SMILES string of the molecule is OC(Cc1cc(Cl)ccc1Cl)c1ccc(F)cc1Cl. The van der Waals surface area contributed by atoms with Gasteiger partial charge in [-0.15, -0.1) is 0 Å². The second-order valence-corrected chi connectivity index (χ2v) is 5.37. The van der Waals surface area contributed by atoms with Crippen molar-refractivity contribution in [2.24, 2.45) is 0 Å². The third-order valence-corrected chi connectivity index (χ3v) is 3.67. The van der Waals surface area contributed by atoms with Crippen LogP contribution in [0.4, 0.5) is 4.39 Å². The van der Waals surface area contributed by atoms with Crippen LogP contribution in [0.25, 0.3) is 0 Å². The lowest BCUT2D eigenvalue weighted by Crippen LogP contribution is -2.03. The van der Waals surface area contributed by atoms with E-state index in [-0.39, 0.29) is 11.4 Å². The van der Waals surface area contributed by atoms with E-state index in [1.807, 2.05) is 0 Å². The van der Waals surface area contributed by atoms with E-state index in [1.165, 1.54) is 18.2 Å². The van der Waals surface area contributed by atoms with Crippen LogP contribution in [0, 0.1) is 5.82 Å². The zero-order chi connectivity index (χ0) is 14.0. The van der Waals surface area contributed by atoms with E-state index in [1.54, 1.807) is 18.2 Å². The van der Waals surface area contributed by atoms with Crippen molar-refractivity contribution in [2.45, 2.75) is 12.5 Å². The van der Waals surface area contributed by atoms with Gasteiger partial charge in [-0.1, -0.05) is 40.9 Å². The Bertz CT molecular complexity index is 601. The lowest BCUT2D eigenvalue weighted by atomic mass is 10.0. The smallest absolute Gasteiger partial charge is 0.124 e. The van der Waals surface area contributed by atoms with Gasteiger partial charge in [0.1, 0.15) is 5.82 Å². The highest BCUT2D eigenvalue weighted by Crippen LogP contribution is 2.29. The molecule has 0 spiro atoms. The molecule has 0 bridgehead atoms. The van der Waals surface area contributed by atoms with Crippen LogP contribution in [0.1, 0.15) is 17.2 Å². The number of benzene rings is 2. The van der Waals surface area contributed by atoms with E-state index in [9.17, 15) is 9.50 Å². The maximum Gasteiger partial charge on any atom is 0.124 e. The topological polar surface area (TPSA) is 20.2 Å². The van der Waals surface area contributed by atoms with Crippen molar-refractivity contribution in [1.82, 2.24) is 0 Å². The zero-order valence-electron chi connectivity index (χ0n) is 9.71. The molecule has 1 unspecified atom stereocenters. The second kappa shape index (κ2) is 6.10. The number of aliphatic hydroxyl groups excluding tert-OH is 1. The number of halogens is 4. The van der Waals surface area contributed by atoms with Crippen molar-refractivity contribution in [2.75, 3.05) is 0 Å². The fourth-order valence-electron chi connectivity index (χ4n) is 1.79. The van der Waals surface area contributed by atoms with Crippen molar-refractivity contribution >= 4 is 34.8 Å². The predicted molar refractivity (Wildman–Crippen MR) is 76.5 cm³/mol. The summed E-state index contributed by atoms with van der Waals surface area (Å²) in [6.45, 7) is 0. The number of hydrogen-bond donors (Lipinski definition) is 1. The van der Waals surface area contributed by atoms with Gasteiger partial charge in [-0.25, -0.2) is 4.39 Å². The Labute approximate surface area is 125 Å². The summed E-state index contributed by atoms with van der Waals surface area (Å²) < 4.78 is 13.0. The van der Waals surface area contributed by atoms with Gasteiger partial charge in [-0.05, 0) is 41.5 Å². The summed E-state index contributed by atoms with van der Waals surface area (Å²) in [5.41, 5.74) is 1.17. The first-order chi connectivity index (χ1) is 8.97. The van der Waals surface area contributed by atoms with Gasteiger partial charge in [0.15, 0.2) is 0 Å². The van der Waals surface area contributed by atoms with Gasteiger partial charge in [0.25, 0.3) is 0 Å². The standard InChI is InChI=1S/C14H10Cl3FO/c15-9-1-4-12(16)8(5-9)6-14(19)11-3-2-10(18)7-13(11)17/h1-5,7,14,19H,6H2. The van der Waals surface area contributed by atoms with Crippen LogP contribution in [0.3, 0.4) is 0 Å². The minimum Gasteiger partial charge on any atom is -0.388 e. The van der Waals surface area contributed by atoms with Crippen LogP contribution in [0.15, 0.2) is 36.4 Å². The molecule has 1 atom stereocenters. The lowest BCUT2D eigenvalue weighted by molar-refractivity contribution is 0.178. The molecule has 0 aromatic heterocycles. The zero-order valence-corrected chi connectivity index (χ0v) is 12.0. The number of hydrogen-bond acceptors (Lipinski definition) is 1. The third kappa shape index (κ3) is 3.61. The molecular formula is C14H10Cl3FO. The molecule has 2 aromatic rings. The van der Waals surface area contributed by atoms with E-state index < -0.39 is 11.9 Å². The summed E-state index contributed by atoms with van der Waals surface area (Å²) in [5.74, 6) is -0.443. The summed E-state index contributed by atoms with van der Waals surface area (Å²) in [7, 11) is 0. The van der Waals surface area contributed by atoms with Gasteiger partial charge in [0.05, 0.1) is 6.10 Å². The molecule has 0 saturated carbocycles. The molecule has 0 aliphatic carbocycles. The van der Waals surface area contributed by atoms with Crippen LogP contribution in [-0.4, -0.2) is 5.11 Å². The Kier molecular flexibility index (Phi) is 4.69. The largest absolute Gasteiger partial charge is 0.388 e. The molecule has 0 aliphatic rings. The van der Waals surface area contributed by atoms with Gasteiger partial charge < -0.3 is 5.11 Å². The molecule has 1 nitrogen and oxygen atoms in total. The van der Waals surface area contributed by atoms with Gasteiger partial charge >= 0.3 is 0 Å². The fraction of sp³-hybridized carbons (Fsp3) is 0.143. The third-order valence-electron chi connectivity index (χ3n) is 2.74. The van der Waals surface area contributed by atoms with Gasteiger partial charge in [-0.3, -0.25) is 0 Å². The summed E-state index contributed by atoms with van der Waals surface area (Å²) in [5, 5.41) is 11.4. The predicted octanol–water partition coefficient (Wildman–Crippen LogP) is 5.06. The van der Waals surface area contributed by atoms with Crippen molar-refractivity contribution in [3.8, 4) is 0 Å². The Morgan fingerprint density at radius 1 is 1.00 bits per heavy atom. The summed E-state index contributed by atoms with van der Waals surface area (Å²) in [6, 6.07) is 8.90. The van der Waals surface area contributed by atoms with Crippen LogP contribution >= 0.6 is 34.8 Å². The summed E-state index contributed by atoms with van der Waals surface area (Å²) in [4.78, 5) is 0. The van der Waals surface area contributed by atoms with Crippen LogP contribution in [0.5, 0.6) is 0 Å². The number of rotatable bonds is 3. The van der Waals surface area contributed by atoms with E-state index in [2.05, 4.69) is 0 Å². The van der Waals surface area contributed by atoms with Crippen molar-refractivity contribution in [1.29, 1.82) is 0 Å². The highest BCUT2D eigenvalue weighted by Gasteiger charge is 2.15. The van der Waals surface area contributed by atoms with Gasteiger partial charge in [0.2, 0.25) is 0 Å². The Hall–Kier alpha value is -0.800. The molecule has 1 N–H and O–H groups in total. The van der Waals surface area contributed by atoms with E-state index in [0.717, 1.165) is 0 Å². The molecule has 0 heterocycles. The first kappa shape index (κ1) is 14.6. The van der Waals surface area contributed by atoms with E-state index in [0.29, 0.717) is 21.2 Å². The first-order valence-corrected chi connectivity index (χ1v) is 6.67. The fourth-order valence-corrected chi connectivity index (χ4v) is 2.47. The molecule has 0 aliphatic heterocycles. The highest BCUT2D eigenvalue weighted by atomic mass is 35.5. The Morgan fingerprint density at radius 3 is 2.42 bits per heavy atom. The van der Waals surface area contributed by atoms with Crippen molar-refractivity contribution in [3.63, 3.8) is 0 Å². The minimum atomic E-state index is -0.871. The Balaban J connectivity index is 2.25. The second-order valence-electron chi connectivity index (χ2n) is 4.12. The van der Waals surface area contributed by atoms with Gasteiger partial charge in [0, 0.05) is 21.5 Å². The van der Waals surface area contributed by atoms with Crippen LogP contribution in [0.2, 0.25) is 15.1 Å². The molecule has 0 saturated heterocycles.